The smallest absolute Gasteiger partial charge is 0.261 e. The number of aryl methyl sites for hydroxylation is 2. The van der Waals surface area contributed by atoms with Crippen LogP contribution in [-0.4, -0.2) is 42.4 Å². The molecule has 35 heavy (non-hydrogen) atoms. The van der Waals surface area contributed by atoms with E-state index in [4.69, 9.17) is 4.98 Å². The van der Waals surface area contributed by atoms with Crippen LogP contribution in [0.3, 0.4) is 0 Å². The van der Waals surface area contributed by atoms with Crippen molar-refractivity contribution in [2.45, 2.75) is 19.8 Å². The van der Waals surface area contributed by atoms with Crippen molar-refractivity contribution in [2.75, 3.05) is 6.61 Å². The highest BCUT2D eigenvalue weighted by Crippen LogP contribution is 2.29. The lowest BCUT2D eigenvalue weighted by Crippen LogP contribution is -2.11. The summed E-state index contributed by atoms with van der Waals surface area (Å²) in [5, 5.41) is 9.87. The van der Waals surface area contributed by atoms with Crippen LogP contribution in [-0.2, 0) is 6.42 Å². The molecule has 0 saturated heterocycles. The summed E-state index contributed by atoms with van der Waals surface area (Å²) in [5.74, 6) is 0.322. The van der Waals surface area contributed by atoms with Gasteiger partial charge in [0.1, 0.15) is 11.4 Å². The molecule has 0 aliphatic carbocycles. The molecular weight excluding hydrogens is 440 g/mol. The van der Waals surface area contributed by atoms with Gasteiger partial charge in [0.2, 0.25) is 0 Å². The van der Waals surface area contributed by atoms with Crippen molar-refractivity contribution in [1.82, 2.24) is 24.5 Å². The Hall–Kier alpha value is -4.30. The Labute approximate surface area is 202 Å². The van der Waals surface area contributed by atoms with Crippen LogP contribution in [0.5, 0.6) is 0 Å². The Morgan fingerprint density at radius 1 is 1.20 bits per heavy atom. The first-order chi connectivity index (χ1) is 17.1. The van der Waals surface area contributed by atoms with Crippen molar-refractivity contribution in [3.8, 4) is 17.1 Å². The van der Waals surface area contributed by atoms with Gasteiger partial charge in [-0.05, 0) is 49.1 Å². The van der Waals surface area contributed by atoms with E-state index in [-0.39, 0.29) is 18.1 Å². The number of nitrogens with zero attached hydrogens (tertiary/aromatic N) is 4. The van der Waals surface area contributed by atoms with Gasteiger partial charge in [-0.1, -0.05) is 30.3 Å². The van der Waals surface area contributed by atoms with Crippen LogP contribution >= 0.6 is 0 Å². The third-order valence-corrected chi connectivity index (χ3v) is 6.05. The van der Waals surface area contributed by atoms with E-state index < -0.39 is 0 Å². The molecule has 3 aromatic heterocycles. The molecule has 0 bridgehead atoms. The molecule has 0 radical (unpaired) electrons. The van der Waals surface area contributed by atoms with Crippen LogP contribution in [0.2, 0.25) is 0 Å². The van der Waals surface area contributed by atoms with Crippen LogP contribution in [0.25, 0.3) is 28.1 Å². The number of benzene rings is 2. The molecule has 0 spiro atoms. The molecule has 0 saturated carbocycles. The number of aliphatic imine (C=N–C) groups is 1. The highest BCUT2D eigenvalue weighted by Gasteiger charge is 2.16. The summed E-state index contributed by atoms with van der Waals surface area (Å²) in [6.07, 6.45) is 10.2. The van der Waals surface area contributed by atoms with E-state index in [9.17, 15) is 9.90 Å². The number of aliphatic hydroxyl groups is 1. The van der Waals surface area contributed by atoms with Gasteiger partial charge in [0.15, 0.2) is 0 Å². The summed E-state index contributed by atoms with van der Waals surface area (Å²) >= 11 is 0. The van der Waals surface area contributed by atoms with Crippen molar-refractivity contribution in [3.63, 3.8) is 0 Å². The Kier molecular flexibility index (Phi) is 6.36. The SMILES string of the molecule is Cc1cc(-n2ccnc2)cc2[nH]c(-c3c(N=CC(CO)CCc4ccccc4)cc[nH]c3=O)nc12. The molecule has 0 fully saturated rings. The fourth-order valence-corrected chi connectivity index (χ4v) is 4.15. The van der Waals surface area contributed by atoms with Gasteiger partial charge >= 0.3 is 0 Å². The lowest BCUT2D eigenvalue weighted by Gasteiger charge is -2.09. The summed E-state index contributed by atoms with van der Waals surface area (Å²) in [5.41, 5.74) is 5.33. The van der Waals surface area contributed by atoms with Gasteiger partial charge in [0.05, 0.1) is 29.7 Å². The lowest BCUT2D eigenvalue weighted by atomic mass is 10.0. The summed E-state index contributed by atoms with van der Waals surface area (Å²) < 4.78 is 1.92. The summed E-state index contributed by atoms with van der Waals surface area (Å²) in [7, 11) is 0. The topological polar surface area (TPSA) is 112 Å². The molecule has 0 amide bonds. The van der Waals surface area contributed by atoms with Gasteiger partial charge in [0, 0.05) is 36.4 Å². The number of hydrogen-bond donors (Lipinski definition) is 3. The maximum absolute atomic E-state index is 12.8. The fourth-order valence-electron chi connectivity index (χ4n) is 4.15. The molecule has 8 nitrogen and oxygen atoms in total. The molecular formula is C27H26N6O2. The number of aliphatic hydroxyl groups excluding tert-OH is 1. The standard InChI is InChI=1S/C27H26N6O2/c1-18-13-21(33-12-11-28-17-33)14-23-25(18)32-26(31-23)24-22(9-10-29-27(24)35)30-15-20(16-34)8-7-19-5-3-2-4-6-19/h2-6,9-15,17,20,34H,7-8,16H2,1H3,(H,29,35)(H,31,32). The number of hydrogen-bond acceptors (Lipinski definition) is 5. The first kappa shape index (κ1) is 22.5. The summed E-state index contributed by atoms with van der Waals surface area (Å²) in [4.78, 5) is 32.3. The second-order valence-electron chi connectivity index (χ2n) is 8.53. The molecule has 1 atom stereocenters. The Morgan fingerprint density at radius 3 is 2.83 bits per heavy atom. The van der Waals surface area contributed by atoms with Crippen LogP contribution in [0, 0.1) is 12.8 Å². The normalized spacial score (nSPS) is 12.5. The van der Waals surface area contributed by atoms with Crippen molar-refractivity contribution < 1.29 is 5.11 Å². The average molecular weight is 467 g/mol. The van der Waals surface area contributed by atoms with Crippen molar-refractivity contribution in [2.24, 2.45) is 10.9 Å². The van der Waals surface area contributed by atoms with Crippen LogP contribution in [0.4, 0.5) is 5.69 Å². The van der Waals surface area contributed by atoms with E-state index in [0.29, 0.717) is 17.1 Å². The molecule has 1 unspecified atom stereocenters. The number of nitrogens with one attached hydrogen (secondary N) is 2. The van der Waals surface area contributed by atoms with E-state index in [1.165, 1.54) is 5.56 Å². The number of rotatable bonds is 8. The number of aromatic nitrogens is 5. The van der Waals surface area contributed by atoms with Gasteiger partial charge in [-0.2, -0.15) is 0 Å². The van der Waals surface area contributed by atoms with Gasteiger partial charge in [-0.3, -0.25) is 9.79 Å². The molecule has 0 aliphatic rings. The summed E-state index contributed by atoms with van der Waals surface area (Å²) in [6.45, 7) is 1.97. The number of fused-ring (bicyclic) bond motifs is 1. The lowest BCUT2D eigenvalue weighted by molar-refractivity contribution is 0.258. The zero-order valence-electron chi connectivity index (χ0n) is 19.3. The van der Waals surface area contributed by atoms with Crippen molar-refractivity contribution in [3.05, 3.63) is 94.9 Å². The van der Waals surface area contributed by atoms with Crippen LogP contribution in [0.15, 0.2) is 83.2 Å². The van der Waals surface area contributed by atoms with Gasteiger partial charge in [-0.25, -0.2) is 9.97 Å². The molecule has 3 heterocycles. The number of H-pyrrole nitrogens is 2. The second kappa shape index (κ2) is 9.90. The van der Waals surface area contributed by atoms with E-state index >= 15 is 0 Å². The predicted molar refractivity (Wildman–Crippen MR) is 138 cm³/mol. The van der Waals surface area contributed by atoms with Gasteiger partial charge < -0.3 is 19.6 Å². The Balaban J connectivity index is 1.46. The molecule has 5 aromatic rings. The summed E-state index contributed by atoms with van der Waals surface area (Å²) in [6, 6.07) is 15.9. The van der Waals surface area contributed by atoms with E-state index in [1.807, 2.05) is 48.0 Å². The van der Waals surface area contributed by atoms with Crippen LogP contribution in [0.1, 0.15) is 17.5 Å². The monoisotopic (exact) mass is 466 g/mol. The van der Waals surface area contributed by atoms with Crippen LogP contribution < -0.4 is 5.56 Å². The zero-order chi connectivity index (χ0) is 24.2. The maximum atomic E-state index is 12.8. The fraction of sp³-hybridized carbons (Fsp3) is 0.185. The van der Waals surface area contributed by atoms with Gasteiger partial charge in [0.25, 0.3) is 5.56 Å². The van der Waals surface area contributed by atoms with E-state index in [1.54, 1.807) is 31.0 Å². The molecule has 2 aromatic carbocycles. The second-order valence-corrected chi connectivity index (χ2v) is 8.53. The number of aromatic amines is 2. The molecule has 0 aliphatic heterocycles. The Morgan fingerprint density at radius 2 is 2.06 bits per heavy atom. The third-order valence-electron chi connectivity index (χ3n) is 6.05. The molecule has 5 rings (SSSR count). The largest absolute Gasteiger partial charge is 0.396 e. The quantitative estimate of drug-likeness (QED) is 0.295. The van der Waals surface area contributed by atoms with Crippen molar-refractivity contribution >= 4 is 22.9 Å². The average Bonchev–Trinajstić information content (AvgIpc) is 3.55. The van der Waals surface area contributed by atoms with Crippen molar-refractivity contribution in [1.29, 1.82) is 0 Å². The van der Waals surface area contributed by atoms with E-state index in [2.05, 4.69) is 32.1 Å². The minimum absolute atomic E-state index is 0.0181. The molecule has 176 valence electrons. The minimum atomic E-state index is -0.281. The third kappa shape index (κ3) is 4.83. The molecule has 3 N–H and O–H groups in total. The van der Waals surface area contributed by atoms with E-state index in [0.717, 1.165) is 35.1 Å². The Bertz CT molecular complexity index is 1520. The maximum Gasteiger partial charge on any atom is 0.261 e. The highest BCUT2D eigenvalue weighted by atomic mass is 16.3. The number of imidazole rings is 2. The minimum Gasteiger partial charge on any atom is -0.396 e. The first-order valence-corrected chi connectivity index (χ1v) is 11.5. The first-order valence-electron chi connectivity index (χ1n) is 11.5. The number of pyridine rings is 1. The predicted octanol–water partition coefficient (Wildman–Crippen LogP) is 4.36. The molecule has 8 heteroatoms. The highest BCUT2D eigenvalue weighted by molar-refractivity contribution is 5.86. The van der Waals surface area contributed by atoms with Gasteiger partial charge in [-0.15, -0.1) is 0 Å². The zero-order valence-corrected chi connectivity index (χ0v) is 19.3.